The summed E-state index contributed by atoms with van der Waals surface area (Å²) in [5.41, 5.74) is 3.79. The molecule has 1 atom stereocenters. The summed E-state index contributed by atoms with van der Waals surface area (Å²) in [6.07, 6.45) is 9.19. The van der Waals surface area contributed by atoms with Crippen LogP contribution < -0.4 is 0 Å². The molecule has 1 aliphatic heterocycles. The molecule has 2 heterocycles. The number of hydrogen-bond donors (Lipinski definition) is 0. The van der Waals surface area contributed by atoms with Gasteiger partial charge in [0.25, 0.3) is 0 Å². The molecule has 0 aliphatic carbocycles. The molecular formula is C19H27N3O. The minimum atomic E-state index is 0.502. The second-order valence-electron chi connectivity index (χ2n) is 6.60. The van der Waals surface area contributed by atoms with E-state index >= 15 is 0 Å². The van der Waals surface area contributed by atoms with Gasteiger partial charge >= 0.3 is 0 Å². The van der Waals surface area contributed by atoms with Crippen molar-refractivity contribution in [1.82, 2.24) is 14.7 Å². The van der Waals surface area contributed by atoms with Crippen LogP contribution in [0.1, 0.15) is 36.8 Å². The number of benzene rings is 1. The highest BCUT2D eigenvalue weighted by Gasteiger charge is 2.15. The van der Waals surface area contributed by atoms with Crippen LogP contribution in [0.25, 0.3) is 5.69 Å². The van der Waals surface area contributed by atoms with Crippen molar-refractivity contribution in [3.8, 4) is 5.69 Å². The van der Waals surface area contributed by atoms with Gasteiger partial charge in [0.1, 0.15) is 0 Å². The van der Waals surface area contributed by atoms with Crippen LogP contribution in [0.4, 0.5) is 0 Å². The summed E-state index contributed by atoms with van der Waals surface area (Å²) in [6, 6.07) is 8.55. The van der Waals surface area contributed by atoms with Crippen LogP contribution in [0, 0.1) is 6.92 Å². The van der Waals surface area contributed by atoms with Crippen molar-refractivity contribution in [3.05, 3.63) is 47.8 Å². The summed E-state index contributed by atoms with van der Waals surface area (Å²) in [6.45, 7) is 5.15. The maximum absolute atomic E-state index is 5.71. The van der Waals surface area contributed by atoms with E-state index in [1.807, 2.05) is 23.1 Å². The molecule has 4 heteroatoms. The van der Waals surface area contributed by atoms with Gasteiger partial charge in [0, 0.05) is 25.5 Å². The first kappa shape index (κ1) is 16.2. The normalized spacial score (nSPS) is 18.0. The van der Waals surface area contributed by atoms with Crippen LogP contribution in [0.2, 0.25) is 0 Å². The lowest BCUT2D eigenvalue weighted by Gasteiger charge is -2.20. The Hall–Kier alpha value is -1.65. The van der Waals surface area contributed by atoms with Gasteiger partial charge in [-0.05, 0) is 63.9 Å². The van der Waals surface area contributed by atoms with Crippen molar-refractivity contribution in [3.63, 3.8) is 0 Å². The molecule has 1 saturated heterocycles. The molecule has 2 aromatic rings. The summed E-state index contributed by atoms with van der Waals surface area (Å²) in [5.74, 6) is 0. The fraction of sp³-hybridized carbons (Fsp3) is 0.526. The Morgan fingerprint density at radius 3 is 3.04 bits per heavy atom. The van der Waals surface area contributed by atoms with Crippen LogP contribution in [0.5, 0.6) is 0 Å². The SMILES string of the molecule is Cc1ccc(-n2cccn2)c(CN(C)CCC[C@@H]2CCCO2)c1. The number of ether oxygens (including phenoxy) is 1. The van der Waals surface area contributed by atoms with Gasteiger partial charge in [0.2, 0.25) is 0 Å². The van der Waals surface area contributed by atoms with Gasteiger partial charge in [0.05, 0.1) is 11.8 Å². The van der Waals surface area contributed by atoms with E-state index in [4.69, 9.17) is 4.74 Å². The predicted molar refractivity (Wildman–Crippen MR) is 92.8 cm³/mol. The molecule has 3 rings (SSSR count). The molecule has 124 valence electrons. The van der Waals surface area contributed by atoms with Gasteiger partial charge in [-0.1, -0.05) is 17.7 Å². The van der Waals surface area contributed by atoms with Crippen LogP contribution in [0.15, 0.2) is 36.7 Å². The maximum Gasteiger partial charge on any atom is 0.0690 e. The van der Waals surface area contributed by atoms with Gasteiger partial charge in [-0.2, -0.15) is 5.10 Å². The highest BCUT2D eigenvalue weighted by molar-refractivity contribution is 5.42. The largest absolute Gasteiger partial charge is 0.378 e. The van der Waals surface area contributed by atoms with Crippen molar-refractivity contribution in [2.45, 2.75) is 45.3 Å². The zero-order chi connectivity index (χ0) is 16.1. The summed E-state index contributed by atoms with van der Waals surface area (Å²) in [7, 11) is 2.20. The monoisotopic (exact) mass is 313 g/mol. The topological polar surface area (TPSA) is 30.3 Å². The fourth-order valence-electron chi connectivity index (χ4n) is 3.31. The fourth-order valence-corrected chi connectivity index (χ4v) is 3.31. The van der Waals surface area contributed by atoms with Crippen LogP contribution in [-0.4, -0.2) is 41.0 Å². The van der Waals surface area contributed by atoms with Crippen molar-refractivity contribution >= 4 is 0 Å². The second kappa shape index (κ2) is 7.75. The molecule has 0 saturated carbocycles. The van der Waals surface area contributed by atoms with E-state index in [1.54, 1.807) is 0 Å². The Labute approximate surface area is 139 Å². The minimum Gasteiger partial charge on any atom is -0.378 e. The van der Waals surface area contributed by atoms with E-state index in [0.29, 0.717) is 6.10 Å². The Morgan fingerprint density at radius 2 is 2.30 bits per heavy atom. The zero-order valence-electron chi connectivity index (χ0n) is 14.2. The molecule has 23 heavy (non-hydrogen) atoms. The Bertz CT molecular complexity index is 603. The third kappa shape index (κ3) is 4.43. The molecule has 0 radical (unpaired) electrons. The molecular weight excluding hydrogens is 286 g/mol. The number of aromatic nitrogens is 2. The quantitative estimate of drug-likeness (QED) is 0.783. The Kier molecular flexibility index (Phi) is 5.47. The van der Waals surface area contributed by atoms with Crippen LogP contribution in [-0.2, 0) is 11.3 Å². The van der Waals surface area contributed by atoms with E-state index < -0.39 is 0 Å². The Balaban J connectivity index is 1.59. The molecule has 0 amide bonds. The first-order chi connectivity index (χ1) is 11.2. The van der Waals surface area contributed by atoms with Crippen LogP contribution >= 0.6 is 0 Å². The van der Waals surface area contributed by atoms with Crippen molar-refractivity contribution in [2.24, 2.45) is 0 Å². The van der Waals surface area contributed by atoms with Crippen molar-refractivity contribution in [2.75, 3.05) is 20.2 Å². The summed E-state index contributed by atoms with van der Waals surface area (Å²) in [4.78, 5) is 2.40. The summed E-state index contributed by atoms with van der Waals surface area (Å²) in [5, 5.41) is 4.38. The third-order valence-electron chi connectivity index (χ3n) is 4.52. The molecule has 1 aromatic heterocycles. The van der Waals surface area contributed by atoms with E-state index in [1.165, 1.54) is 42.5 Å². The van der Waals surface area contributed by atoms with E-state index in [2.05, 4.69) is 42.2 Å². The lowest BCUT2D eigenvalue weighted by atomic mass is 10.1. The minimum absolute atomic E-state index is 0.502. The molecule has 1 aliphatic rings. The first-order valence-corrected chi connectivity index (χ1v) is 8.62. The van der Waals surface area contributed by atoms with Gasteiger partial charge in [-0.3, -0.25) is 0 Å². The number of rotatable bonds is 7. The zero-order valence-corrected chi connectivity index (χ0v) is 14.2. The maximum atomic E-state index is 5.71. The molecule has 0 spiro atoms. The lowest BCUT2D eigenvalue weighted by Crippen LogP contribution is -2.21. The van der Waals surface area contributed by atoms with E-state index in [0.717, 1.165) is 19.7 Å². The van der Waals surface area contributed by atoms with E-state index in [-0.39, 0.29) is 0 Å². The van der Waals surface area contributed by atoms with Crippen molar-refractivity contribution < 1.29 is 4.74 Å². The summed E-state index contributed by atoms with van der Waals surface area (Å²) < 4.78 is 7.66. The number of aryl methyl sites for hydroxylation is 1. The smallest absolute Gasteiger partial charge is 0.0690 e. The molecule has 4 nitrogen and oxygen atoms in total. The average Bonchev–Trinajstić information content (AvgIpc) is 3.20. The number of hydrogen-bond acceptors (Lipinski definition) is 3. The Morgan fingerprint density at radius 1 is 1.39 bits per heavy atom. The first-order valence-electron chi connectivity index (χ1n) is 8.62. The summed E-state index contributed by atoms with van der Waals surface area (Å²) >= 11 is 0. The van der Waals surface area contributed by atoms with Gasteiger partial charge in [-0.15, -0.1) is 0 Å². The van der Waals surface area contributed by atoms with Gasteiger partial charge in [-0.25, -0.2) is 4.68 Å². The predicted octanol–water partition coefficient (Wildman–Crippen LogP) is 3.57. The van der Waals surface area contributed by atoms with Gasteiger partial charge in [0.15, 0.2) is 0 Å². The highest BCUT2D eigenvalue weighted by Crippen LogP contribution is 2.19. The molecule has 1 fully saturated rings. The van der Waals surface area contributed by atoms with Crippen molar-refractivity contribution in [1.29, 1.82) is 0 Å². The molecule has 0 unspecified atom stereocenters. The molecule has 0 bridgehead atoms. The molecule has 0 N–H and O–H groups in total. The van der Waals surface area contributed by atoms with Gasteiger partial charge < -0.3 is 9.64 Å². The van der Waals surface area contributed by atoms with Crippen LogP contribution in [0.3, 0.4) is 0 Å². The standard InChI is InChI=1S/C19H27N3O/c1-16-8-9-19(22-12-5-10-20-22)17(14-16)15-21(2)11-3-6-18-7-4-13-23-18/h5,8-10,12,14,18H,3-4,6-7,11,13,15H2,1-2H3/t18-/m1/s1. The second-order valence-corrected chi connectivity index (χ2v) is 6.60. The lowest BCUT2D eigenvalue weighted by molar-refractivity contribution is 0.0995. The number of nitrogens with zero attached hydrogens (tertiary/aromatic N) is 3. The van der Waals surface area contributed by atoms with E-state index in [9.17, 15) is 0 Å². The average molecular weight is 313 g/mol. The third-order valence-corrected chi connectivity index (χ3v) is 4.52. The highest BCUT2D eigenvalue weighted by atomic mass is 16.5. The molecule has 1 aromatic carbocycles.